The van der Waals surface area contributed by atoms with Crippen LogP contribution < -0.4 is 16.0 Å². The van der Waals surface area contributed by atoms with Gasteiger partial charge in [-0.2, -0.15) is 0 Å². The lowest BCUT2D eigenvalue weighted by atomic mass is 9.99. The molecule has 0 aromatic heterocycles. The first kappa shape index (κ1) is 23.7. The Labute approximate surface area is 169 Å². The number of benzene rings is 1. The molecule has 0 aliphatic carbocycles. The van der Waals surface area contributed by atoms with Gasteiger partial charge in [-0.15, -0.1) is 24.0 Å². The van der Waals surface area contributed by atoms with Crippen LogP contribution in [0.15, 0.2) is 29.3 Å². The lowest BCUT2D eigenvalue weighted by molar-refractivity contribution is 0.0963. The molecule has 6 heteroatoms. The highest BCUT2D eigenvalue weighted by Crippen LogP contribution is 2.11. The summed E-state index contributed by atoms with van der Waals surface area (Å²) in [6.07, 6.45) is 4.95. The van der Waals surface area contributed by atoms with E-state index < -0.39 is 0 Å². The molecule has 142 valence electrons. The summed E-state index contributed by atoms with van der Waals surface area (Å²) in [5.41, 5.74) is 1.72. The first-order valence-electron chi connectivity index (χ1n) is 8.90. The summed E-state index contributed by atoms with van der Waals surface area (Å²) >= 11 is 0. The maximum absolute atomic E-state index is 11.7. The molecule has 0 spiro atoms. The van der Waals surface area contributed by atoms with Crippen molar-refractivity contribution in [3.05, 3.63) is 35.4 Å². The predicted octanol–water partition coefficient (Wildman–Crippen LogP) is 3.55. The van der Waals surface area contributed by atoms with Gasteiger partial charge in [-0.05, 0) is 30.0 Å². The van der Waals surface area contributed by atoms with E-state index >= 15 is 0 Å². The maximum Gasteiger partial charge on any atom is 0.251 e. The Morgan fingerprint density at radius 2 is 2.00 bits per heavy atom. The summed E-state index contributed by atoms with van der Waals surface area (Å²) in [5.74, 6) is 1.41. The van der Waals surface area contributed by atoms with E-state index in [4.69, 9.17) is 0 Å². The van der Waals surface area contributed by atoms with Crippen LogP contribution in [0.1, 0.15) is 55.5 Å². The number of nitrogens with zero attached hydrogens (tertiary/aromatic N) is 1. The molecule has 1 atom stereocenters. The van der Waals surface area contributed by atoms with E-state index in [1.807, 2.05) is 24.3 Å². The van der Waals surface area contributed by atoms with E-state index in [9.17, 15) is 4.79 Å². The van der Waals surface area contributed by atoms with Crippen LogP contribution in [0.3, 0.4) is 0 Å². The Balaban J connectivity index is 0.00000576. The zero-order valence-electron chi connectivity index (χ0n) is 15.9. The Morgan fingerprint density at radius 3 is 2.60 bits per heavy atom. The normalized spacial score (nSPS) is 12.1. The van der Waals surface area contributed by atoms with Crippen LogP contribution in [0, 0.1) is 5.92 Å². The zero-order chi connectivity index (χ0) is 17.8. The third-order valence-electron chi connectivity index (χ3n) is 4.20. The first-order valence-corrected chi connectivity index (χ1v) is 8.90. The van der Waals surface area contributed by atoms with Crippen molar-refractivity contribution in [3.63, 3.8) is 0 Å². The predicted molar refractivity (Wildman–Crippen MR) is 117 cm³/mol. The summed E-state index contributed by atoms with van der Waals surface area (Å²) in [6, 6.07) is 7.61. The van der Waals surface area contributed by atoms with E-state index in [-0.39, 0.29) is 29.9 Å². The third kappa shape index (κ3) is 9.09. The fourth-order valence-corrected chi connectivity index (χ4v) is 2.56. The van der Waals surface area contributed by atoms with Crippen molar-refractivity contribution in [3.8, 4) is 0 Å². The zero-order valence-corrected chi connectivity index (χ0v) is 18.2. The molecule has 3 N–H and O–H groups in total. The van der Waals surface area contributed by atoms with Gasteiger partial charge in [0.2, 0.25) is 0 Å². The number of aliphatic imine (C=N–C) groups is 1. The highest BCUT2D eigenvalue weighted by molar-refractivity contribution is 14.0. The molecule has 0 bridgehead atoms. The summed E-state index contributed by atoms with van der Waals surface area (Å²) in [7, 11) is 3.42. The number of halogens is 1. The van der Waals surface area contributed by atoms with Crippen LogP contribution in [0.5, 0.6) is 0 Å². The van der Waals surface area contributed by atoms with Gasteiger partial charge in [-0.3, -0.25) is 9.79 Å². The highest BCUT2D eigenvalue weighted by Gasteiger charge is 2.08. The van der Waals surface area contributed by atoms with Gasteiger partial charge in [-0.25, -0.2) is 0 Å². The van der Waals surface area contributed by atoms with Crippen LogP contribution in [0.2, 0.25) is 0 Å². The smallest absolute Gasteiger partial charge is 0.251 e. The molecule has 0 aliphatic heterocycles. The Hall–Kier alpha value is -1.31. The Kier molecular flexibility index (Phi) is 13.2. The van der Waals surface area contributed by atoms with Crippen LogP contribution in [-0.4, -0.2) is 32.5 Å². The Bertz CT molecular complexity index is 534. The van der Waals surface area contributed by atoms with Gasteiger partial charge in [0.25, 0.3) is 5.91 Å². The van der Waals surface area contributed by atoms with Gasteiger partial charge in [0.05, 0.1) is 0 Å². The third-order valence-corrected chi connectivity index (χ3v) is 4.20. The molecule has 1 aromatic rings. The van der Waals surface area contributed by atoms with Crippen molar-refractivity contribution < 1.29 is 4.79 Å². The fraction of sp³-hybridized carbons (Fsp3) is 0.579. The van der Waals surface area contributed by atoms with Crippen LogP contribution in [0.4, 0.5) is 0 Å². The van der Waals surface area contributed by atoms with Gasteiger partial charge in [0.1, 0.15) is 0 Å². The molecule has 0 radical (unpaired) electrons. The van der Waals surface area contributed by atoms with Crippen molar-refractivity contribution in [1.29, 1.82) is 0 Å². The number of unbranched alkanes of at least 4 members (excludes halogenated alkanes) is 1. The fourth-order valence-electron chi connectivity index (χ4n) is 2.56. The number of carbonyl (C=O) groups excluding carboxylic acids is 1. The number of rotatable bonds is 9. The van der Waals surface area contributed by atoms with Gasteiger partial charge in [0.15, 0.2) is 5.96 Å². The topological polar surface area (TPSA) is 65.5 Å². The molecule has 0 aliphatic rings. The molecular formula is C19H33IN4O. The summed E-state index contributed by atoms with van der Waals surface area (Å²) in [4.78, 5) is 16.0. The van der Waals surface area contributed by atoms with E-state index in [0.29, 0.717) is 18.0 Å². The summed E-state index contributed by atoms with van der Waals surface area (Å²) in [6.45, 7) is 6.04. The minimum atomic E-state index is -0.0685. The molecule has 5 nitrogen and oxygen atoms in total. The molecule has 1 unspecified atom stereocenters. The second-order valence-electron chi connectivity index (χ2n) is 6.00. The molecule has 0 heterocycles. The number of amides is 1. The van der Waals surface area contributed by atoms with Crippen molar-refractivity contribution in [2.75, 3.05) is 20.6 Å². The van der Waals surface area contributed by atoms with Crippen LogP contribution in [0.25, 0.3) is 0 Å². The second-order valence-corrected chi connectivity index (χ2v) is 6.00. The molecule has 1 amide bonds. The largest absolute Gasteiger partial charge is 0.356 e. The van der Waals surface area contributed by atoms with Crippen molar-refractivity contribution in [2.45, 2.75) is 46.1 Å². The molecular weight excluding hydrogens is 427 g/mol. The lowest BCUT2D eigenvalue weighted by Gasteiger charge is -2.18. The van der Waals surface area contributed by atoms with E-state index in [1.54, 1.807) is 14.1 Å². The first-order chi connectivity index (χ1) is 11.6. The SMILES string of the molecule is CCCCC(CC)CNC(=NC)NCc1cccc(C(=O)NC)c1.I. The molecule has 0 saturated heterocycles. The van der Waals surface area contributed by atoms with Crippen LogP contribution in [-0.2, 0) is 6.54 Å². The van der Waals surface area contributed by atoms with Crippen molar-refractivity contribution >= 4 is 35.8 Å². The minimum Gasteiger partial charge on any atom is -0.356 e. The maximum atomic E-state index is 11.7. The standard InChI is InChI=1S/C19H32N4O.HI/c1-5-7-9-15(6-2)13-22-19(21-4)23-14-16-10-8-11-17(12-16)18(24)20-3;/h8,10-12,15H,5-7,9,13-14H2,1-4H3,(H,20,24)(H2,21,22,23);1H. The van der Waals surface area contributed by atoms with Gasteiger partial charge >= 0.3 is 0 Å². The monoisotopic (exact) mass is 460 g/mol. The molecule has 0 saturated carbocycles. The van der Waals surface area contributed by atoms with E-state index in [1.165, 1.54) is 25.7 Å². The lowest BCUT2D eigenvalue weighted by Crippen LogP contribution is -2.39. The van der Waals surface area contributed by atoms with Crippen LogP contribution >= 0.6 is 24.0 Å². The molecule has 1 rings (SSSR count). The van der Waals surface area contributed by atoms with Gasteiger partial charge in [-0.1, -0.05) is 45.2 Å². The number of nitrogens with one attached hydrogen (secondary N) is 3. The van der Waals surface area contributed by atoms with E-state index in [0.717, 1.165) is 18.1 Å². The number of hydrogen-bond donors (Lipinski definition) is 3. The molecule has 0 fully saturated rings. The highest BCUT2D eigenvalue weighted by atomic mass is 127. The number of carbonyl (C=O) groups is 1. The molecule has 1 aromatic carbocycles. The summed E-state index contributed by atoms with van der Waals surface area (Å²) < 4.78 is 0. The second kappa shape index (κ2) is 13.9. The van der Waals surface area contributed by atoms with Gasteiger partial charge < -0.3 is 16.0 Å². The quantitative estimate of drug-likeness (QED) is 0.300. The average Bonchev–Trinajstić information content (AvgIpc) is 2.63. The van der Waals surface area contributed by atoms with E-state index in [2.05, 4.69) is 34.8 Å². The van der Waals surface area contributed by atoms with Crippen molar-refractivity contribution in [1.82, 2.24) is 16.0 Å². The number of guanidine groups is 1. The minimum absolute atomic E-state index is 0. The average molecular weight is 460 g/mol. The molecule has 25 heavy (non-hydrogen) atoms. The Morgan fingerprint density at radius 1 is 1.24 bits per heavy atom. The number of hydrogen-bond acceptors (Lipinski definition) is 2. The van der Waals surface area contributed by atoms with Gasteiger partial charge in [0, 0.05) is 32.7 Å². The van der Waals surface area contributed by atoms with Crippen molar-refractivity contribution in [2.24, 2.45) is 10.9 Å². The summed E-state index contributed by atoms with van der Waals surface area (Å²) in [5, 5.41) is 9.37.